The molecule has 0 atom stereocenters. The second kappa shape index (κ2) is 9.52. The van der Waals surface area contributed by atoms with Crippen molar-refractivity contribution in [2.75, 3.05) is 6.54 Å². The molecule has 0 amide bonds. The Balaban J connectivity index is 0.00000274. The number of hydrogen-bond acceptors (Lipinski definition) is 5. The first-order chi connectivity index (χ1) is 15.9. The Morgan fingerprint density at radius 1 is 1.15 bits per heavy atom. The Bertz CT molecular complexity index is 1360. The van der Waals surface area contributed by atoms with Crippen LogP contribution in [0.4, 0.5) is 13.2 Å². The molecular formula is C24H21ClF3N3O3. The molecule has 0 saturated carbocycles. The molecule has 1 aliphatic heterocycles. The standard InChI is InChI=1S/C24H20F3N3O3.ClH/c25-24(26,27)15-3-4-16(29-12-15)14-32-18-7-9-30(23(31)11-18)17-5-6-19-20-13-28-8-1-2-21(20)33-22(19)10-17;/h3-7,9-12,28H,1-2,8,13-14H2;1H. The molecule has 4 aromatic rings. The summed E-state index contributed by atoms with van der Waals surface area (Å²) in [5.74, 6) is 1.29. The number of rotatable bonds is 4. The van der Waals surface area contributed by atoms with Crippen molar-refractivity contribution >= 4 is 23.4 Å². The minimum absolute atomic E-state index is 0. The van der Waals surface area contributed by atoms with Crippen LogP contribution >= 0.6 is 12.4 Å². The zero-order valence-corrected chi connectivity index (χ0v) is 18.7. The summed E-state index contributed by atoms with van der Waals surface area (Å²) in [5.41, 5.74) is 1.77. The third-order valence-corrected chi connectivity index (χ3v) is 5.63. The van der Waals surface area contributed by atoms with E-state index in [1.807, 2.05) is 18.2 Å². The van der Waals surface area contributed by atoms with Crippen LogP contribution in [0, 0.1) is 0 Å². The molecule has 0 fully saturated rings. The van der Waals surface area contributed by atoms with Gasteiger partial charge in [0.25, 0.3) is 5.56 Å². The summed E-state index contributed by atoms with van der Waals surface area (Å²) < 4.78 is 51.0. The fourth-order valence-corrected chi connectivity index (χ4v) is 3.92. The molecule has 10 heteroatoms. The Labute approximate surface area is 198 Å². The molecule has 3 aromatic heterocycles. The number of nitrogens with one attached hydrogen (secondary N) is 1. The van der Waals surface area contributed by atoms with Gasteiger partial charge < -0.3 is 14.5 Å². The molecule has 1 N–H and O–H groups in total. The highest BCUT2D eigenvalue weighted by molar-refractivity contribution is 5.85. The summed E-state index contributed by atoms with van der Waals surface area (Å²) in [6.07, 6.45) is -0.189. The van der Waals surface area contributed by atoms with E-state index in [4.69, 9.17) is 9.15 Å². The molecule has 34 heavy (non-hydrogen) atoms. The van der Waals surface area contributed by atoms with E-state index < -0.39 is 11.7 Å². The molecule has 0 radical (unpaired) electrons. The lowest BCUT2D eigenvalue weighted by Gasteiger charge is -2.10. The Hall–Kier alpha value is -3.30. The van der Waals surface area contributed by atoms with Gasteiger partial charge in [0.15, 0.2) is 0 Å². The summed E-state index contributed by atoms with van der Waals surface area (Å²) in [5, 5.41) is 4.43. The maximum atomic E-state index is 12.7. The number of furan rings is 1. The van der Waals surface area contributed by atoms with Gasteiger partial charge in [-0.3, -0.25) is 14.3 Å². The molecule has 6 nitrogen and oxygen atoms in total. The van der Waals surface area contributed by atoms with Crippen LogP contribution in [-0.4, -0.2) is 16.1 Å². The van der Waals surface area contributed by atoms with E-state index in [0.717, 1.165) is 54.9 Å². The number of aromatic nitrogens is 2. The molecule has 0 aliphatic carbocycles. The van der Waals surface area contributed by atoms with Gasteiger partial charge in [-0.05, 0) is 43.3 Å². The van der Waals surface area contributed by atoms with Gasteiger partial charge in [-0.15, -0.1) is 12.4 Å². The molecule has 1 aromatic carbocycles. The second-order valence-corrected chi connectivity index (χ2v) is 7.86. The highest BCUT2D eigenvalue weighted by atomic mass is 35.5. The highest BCUT2D eigenvalue weighted by Gasteiger charge is 2.30. The number of halogens is 4. The number of alkyl halides is 3. The summed E-state index contributed by atoms with van der Waals surface area (Å²) in [4.78, 5) is 16.5. The van der Waals surface area contributed by atoms with Crippen LogP contribution in [-0.2, 0) is 25.7 Å². The highest BCUT2D eigenvalue weighted by Crippen LogP contribution is 2.30. The summed E-state index contributed by atoms with van der Waals surface area (Å²) >= 11 is 0. The SMILES string of the molecule is Cl.O=c1cc(OCc2ccc(C(F)(F)F)cn2)ccn1-c1ccc2c3c(oc2c1)CCCNC3. The molecule has 4 heterocycles. The van der Waals surface area contributed by atoms with Crippen LogP contribution in [0.2, 0.25) is 0 Å². The van der Waals surface area contributed by atoms with E-state index in [0.29, 0.717) is 17.1 Å². The average Bonchev–Trinajstić information content (AvgIpc) is 2.97. The van der Waals surface area contributed by atoms with Gasteiger partial charge in [-0.2, -0.15) is 13.2 Å². The van der Waals surface area contributed by atoms with Crippen LogP contribution in [0.1, 0.15) is 29.0 Å². The third-order valence-electron chi connectivity index (χ3n) is 5.63. The Morgan fingerprint density at radius 3 is 2.74 bits per heavy atom. The van der Waals surface area contributed by atoms with Crippen LogP contribution in [0.25, 0.3) is 16.7 Å². The van der Waals surface area contributed by atoms with Crippen molar-refractivity contribution in [2.24, 2.45) is 0 Å². The number of aryl methyl sites for hydroxylation is 1. The predicted octanol–water partition coefficient (Wildman–Crippen LogP) is 5.03. The van der Waals surface area contributed by atoms with Crippen molar-refractivity contribution in [3.05, 3.63) is 87.8 Å². The smallest absolute Gasteiger partial charge is 0.417 e. The largest absolute Gasteiger partial charge is 0.487 e. The third kappa shape index (κ3) is 4.80. The van der Waals surface area contributed by atoms with Gasteiger partial charge in [-0.1, -0.05) is 0 Å². The minimum Gasteiger partial charge on any atom is -0.487 e. The van der Waals surface area contributed by atoms with E-state index in [-0.39, 0.29) is 24.6 Å². The van der Waals surface area contributed by atoms with Crippen molar-refractivity contribution in [2.45, 2.75) is 32.2 Å². The zero-order valence-electron chi connectivity index (χ0n) is 17.9. The number of hydrogen-bond donors (Lipinski definition) is 1. The van der Waals surface area contributed by atoms with Gasteiger partial charge in [0.05, 0.1) is 16.9 Å². The van der Waals surface area contributed by atoms with Crippen molar-refractivity contribution in [1.29, 1.82) is 0 Å². The van der Waals surface area contributed by atoms with Crippen molar-refractivity contribution in [3.8, 4) is 11.4 Å². The lowest BCUT2D eigenvalue weighted by Crippen LogP contribution is -2.16. The maximum Gasteiger partial charge on any atom is 0.417 e. The molecule has 0 bridgehead atoms. The maximum absolute atomic E-state index is 12.7. The monoisotopic (exact) mass is 491 g/mol. The number of benzene rings is 1. The van der Waals surface area contributed by atoms with Crippen LogP contribution in [0.3, 0.4) is 0 Å². The normalized spacial score (nSPS) is 13.7. The molecule has 1 aliphatic rings. The first kappa shape index (κ1) is 23.8. The number of nitrogens with zero attached hydrogens (tertiary/aromatic N) is 2. The topological polar surface area (TPSA) is 69.3 Å². The number of pyridine rings is 2. The van der Waals surface area contributed by atoms with Crippen LogP contribution < -0.4 is 15.6 Å². The van der Waals surface area contributed by atoms with E-state index in [1.165, 1.54) is 22.3 Å². The van der Waals surface area contributed by atoms with Crippen molar-refractivity contribution in [3.63, 3.8) is 0 Å². The number of fused-ring (bicyclic) bond motifs is 3. The predicted molar refractivity (Wildman–Crippen MR) is 123 cm³/mol. The molecular weight excluding hydrogens is 471 g/mol. The lowest BCUT2D eigenvalue weighted by molar-refractivity contribution is -0.137. The van der Waals surface area contributed by atoms with Crippen LogP contribution in [0.5, 0.6) is 5.75 Å². The minimum atomic E-state index is -4.44. The molecule has 0 saturated heterocycles. The van der Waals surface area contributed by atoms with Gasteiger partial charge in [0, 0.05) is 48.4 Å². The first-order valence-electron chi connectivity index (χ1n) is 10.5. The molecule has 5 rings (SSSR count). The Kier molecular flexibility index (Phi) is 6.67. The average molecular weight is 492 g/mol. The van der Waals surface area contributed by atoms with Crippen molar-refractivity contribution < 1.29 is 22.3 Å². The first-order valence-corrected chi connectivity index (χ1v) is 10.5. The van der Waals surface area contributed by atoms with Crippen molar-refractivity contribution in [1.82, 2.24) is 14.9 Å². The summed E-state index contributed by atoms with van der Waals surface area (Å²) in [6, 6.07) is 10.8. The van der Waals surface area contributed by atoms with E-state index in [2.05, 4.69) is 10.3 Å². The quantitative estimate of drug-likeness (QED) is 0.433. The summed E-state index contributed by atoms with van der Waals surface area (Å²) in [6.45, 7) is 1.67. The fraction of sp³-hybridized carbons (Fsp3) is 0.250. The van der Waals surface area contributed by atoms with E-state index in [9.17, 15) is 18.0 Å². The Morgan fingerprint density at radius 2 is 2.00 bits per heavy atom. The van der Waals surface area contributed by atoms with Gasteiger partial charge in [-0.25, -0.2) is 0 Å². The van der Waals surface area contributed by atoms with E-state index in [1.54, 1.807) is 12.3 Å². The summed E-state index contributed by atoms with van der Waals surface area (Å²) in [7, 11) is 0. The molecule has 0 spiro atoms. The zero-order chi connectivity index (χ0) is 23.0. The van der Waals surface area contributed by atoms with Gasteiger partial charge >= 0.3 is 6.18 Å². The van der Waals surface area contributed by atoms with Crippen LogP contribution in [0.15, 0.2) is 64.1 Å². The lowest BCUT2D eigenvalue weighted by atomic mass is 10.1. The second-order valence-electron chi connectivity index (χ2n) is 7.86. The molecule has 178 valence electrons. The van der Waals surface area contributed by atoms with E-state index >= 15 is 0 Å². The molecule has 0 unspecified atom stereocenters. The fourth-order valence-electron chi connectivity index (χ4n) is 3.92. The number of ether oxygens (including phenoxy) is 1. The van der Waals surface area contributed by atoms with Gasteiger partial charge in [0.1, 0.15) is 23.7 Å². The van der Waals surface area contributed by atoms with Gasteiger partial charge in [0.2, 0.25) is 0 Å².